The zero-order valence-corrected chi connectivity index (χ0v) is 14.7. The molecule has 0 unspecified atom stereocenters. The van der Waals surface area contributed by atoms with Crippen LogP contribution in [-0.2, 0) is 6.67 Å². The van der Waals surface area contributed by atoms with Crippen molar-refractivity contribution in [3.63, 3.8) is 0 Å². The lowest BCUT2D eigenvalue weighted by Crippen LogP contribution is -2.17. The maximum absolute atomic E-state index is 12.8. The van der Waals surface area contributed by atoms with Crippen LogP contribution in [0.1, 0.15) is 32.1 Å². The highest BCUT2D eigenvalue weighted by Crippen LogP contribution is 2.15. The summed E-state index contributed by atoms with van der Waals surface area (Å²) in [7, 11) is 0. The fourth-order valence-electron chi connectivity index (χ4n) is 3.13. The SMILES string of the molecule is O=C(c1ccccc1)c1cccn1Cn1cccc1C(=O)c1ccccc1. The van der Waals surface area contributed by atoms with E-state index >= 15 is 0 Å². The standard InChI is InChI=1S/C23H18N2O2/c26-22(18-9-3-1-4-10-18)20-13-7-15-24(20)17-25-16-8-14-21(25)23(27)19-11-5-2-6-12-19/h1-16H,17H2. The molecular formula is C23H18N2O2. The number of hydrogen-bond acceptors (Lipinski definition) is 2. The first-order valence-corrected chi connectivity index (χ1v) is 8.74. The fourth-order valence-corrected chi connectivity index (χ4v) is 3.13. The van der Waals surface area contributed by atoms with E-state index in [9.17, 15) is 9.59 Å². The molecule has 0 radical (unpaired) electrons. The van der Waals surface area contributed by atoms with Gasteiger partial charge in [0.1, 0.15) is 0 Å². The van der Waals surface area contributed by atoms with E-state index < -0.39 is 0 Å². The molecule has 4 nitrogen and oxygen atoms in total. The lowest BCUT2D eigenvalue weighted by molar-refractivity contribution is 0.102. The Hall–Kier alpha value is -3.66. The molecule has 0 spiro atoms. The van der Waals surface area contributed by atoms with Gasteiger partial charge in [-0.05, 0) is 24.3 Å². The van der Waals surface area contributed by atoms with Gasteiger partial charge in [-0.15, -0.1) is 0 Å². The third kappa shape index (κ3) is 3.37. The lowest BCUT2D eigenvalue weighted by atomic mass is 10.1. The van der Waals surface area contributed by atoms with Crippen LogP contribution < -0.4 is 0 Å². The molecule has 132 valence electrons. The van der Waals surface area contributed by atoms with Gasteiger partial charge in [-0.2, -0.15) is 0 Å². The van der Waals surface area contributed by atoms with E-state index in [1.165, 1.54) is 0 Å². The minimum absolute atomic E-state index is 0.0382. The number of carbonyl (C=O) groups is 2. The molecule has 27 heavy (non-hydrogen) atoms. The van der Waals surface area contributed by atoms with Gasteiger partial charge >= 0.3 is 0 Å². The lowest BCUT2D eigenvalue weighted by Gasteiger charge is -2.13. The minimum atomic E-state index is -0.0382. The first-order chi connectivity index (χ1) is 13.2. The Morgan fingerprint density at radius 2 is 0.963 bits per heavy atom. The Morgan fingerprint density at radius 3 is 1.37 bits per heavy atom. The van der Waals surface area contributed by atoms with Crippen molar-refractivity contribution in [1.82, 2.24) is 9.13 Å². The van der Waals surface area contributed by atoms with Crippen LogP contribution in [-0.4, -0.2) is 20.7 Å². The van der Waals surface area contributed by atoms with Gasteiger partial charge in [0.15, 0.2) is 0 Å². The second-order valence-corrected chi connectivity index (χ2v) is 6.26. The van der Waals surface area contributed by atoms with Crippen LogP contribution in [0.4, 0.5) is 0 Å². The number of nitrogens with zero attached hydrogens (tertiary/aromatic N) is 2. The van der Waals surface area contributed by atoms with Crippen LogP contribution in [0.2, 0.25) is 0 Å². The third-order valence-electron chi connectivity index (χ3n) is 4.50. The van der Waals surface area contributed by atoms with Gasteiger partial charge in [-0.3, -0.25) is 9.59 Å². The summed E-state index contributed by atoms with van der Waals surface area (Å²) in [6.07, 6.45) is 3.71. The normalized spacial score (nSPS) is 10.7. The molecule has 2 heterocycles. The van der Waals surface area contributed by atoms with E-state index in [4.69, 9.17) is 0 Å². The second-order valence-electron chi connectivity index (χ2n) is 6.26. The van der Waals surface area contributed by atoms with Crippen molar-refractivity contribution in [2.45, 2.75) is 6.67 Å². The molecule has 0 aliphatic rings. The first kappa shape index (κ1) is 16.8. The molecular weight excluding hydrogens is 336 g/mol. The van der Waals surface area contributed by atoms with Crippen LogP contribution in [0, 0.1) is 0 Å². The summed E-state index contributed by atoms with van der Waals surface area (Å²) in [5.74, 6) is -0.0765. The van der Waals surface area contributed by atoms with Crippen molar-refractivity contribution in [3.8, 4) is 0 Å². The largest absolute Gasteiger partial charge is 0.326 e. The number of hydrogen-bond donors (Lipinski definition) is 0. The molecule has 2 aromatic heterocycles. The van der Waals surface area contributed by atoms with Crippen molar-refractivity contribution < 1.29 is 9.59 Å². The zero-order chi connectivity index (χ0) is 18.6. The van der Waals surface area contributed by atoms with Crippen LogP contribution in [0.3, 0.4) is 0 Å². The average Bonchev–Trinajstić information content (AvgIpc) is 3.38. The summed E-state index contributed by atoms with van der Waals surface area (Å²) in [6.45, 7) is 0.391. The van der Waals surface area contributed by atoms with E-state index in [0.29, 0.717) is 29.2 Å². The van der Waals surface area contributed by atoms with E-state index in [0.717, 1.165) is 0 Å². The molecule has 4 rings (SSSR count). The molecule has 4 aromatic rings. The van der Waals surface area contributed by atoms with E-state index in [1.54, 1.807) is 36.4 Å². The smallest absolute Gasteiger partial charge is 0.209 e. The number of aromatic nitrogens is 2. The monoisotopic (exact) mass is 354 g/mol. The molecule has 0 N–H and O–H groups in total. The van der Waals surface area contributed by atoms with Crippen LogP contribution in [0.5, 0.6) is 0 Å². The summed E-state index contributed by atoms with van der Waals surface area (Å²) in [4.78, 5) is 25.6. The highest BCUT2D eigenvalue weighted by Gasteiger charge is 2.16. The molecule has 0 aliphatic heterocycles. The van der Waals surface area contributed by atoms with Gasteiger partial charge in [0.05, 0.1) is 18.1 Å². The molecule has 4 heteroatoms. The van der Waals surface area contributed by atoms with Crippen molar-refractivity contribution in [2.24, 2.45) is 0 Å². The summed E-state index contributed by atoms with van der Waals surface area (Å²) in [5.41, 5.74) is 2.47. The van der Waals surface area contributed by atoms with Crippen LogP contribution >= 0.6 is 0 Å². The van der Waals surface area contributed by atoms with Crippen LogP contribution in [0.25, 0.3) is 0 Å². The van der Waals surface area contributed by atoms with Crippen molar-refractivity contribution in [1.29, 1.82) is 0 Å². The third-order valence-corrected chi connectivity index (χ3v) is 4.50. The Labute approximate surface area is 157 Å². The molecule has 0 amide bonds. The minimum Gasteiger partial charge on any atom is -0.326 e. The van der Waals surface area contributed by atoms with Crippen molar-refractivity contribution >= 4 is 11.6 Å². The topological polar surface area (TPSA) is 44.0 Å². The first-order valence-electron chi connectivity index (χ1n) is 8.74. The molecule has 0 saturated heterocycles. The van der Waals surface area contributed by atoms with Gasteiger partial charge in [0.25, 0.3) is 0 Å². The summed E-state index contributed by atoms with van der Waals surface area (Å²) in [6, 6.07) is 25.7. The summed E-state index contributed by atoms with van der Waals surface area (Å²) < 4.78 is 3.72. The maximum atomic E-state index is 12.8. The second kappa shape index (κ2) is 7.30. The predicted octanol–water partition coefficient (Wildman–Crippen LogP) is 4.26. The highest BCUT2D eigenvalue weighted by atomic mass is 16.1. The van der Waals surface area contributed by atoms with Crippen LogP contribution in [0.15, 0.2) is 97.3 Å². The van der Waals surface area contributed by atoms with Crippen molar-refractivity contribution in [2.75, 3.05) is 0 Å². The number of rotatable bonds is 6. The number of carbonyl (C=O) groups excluding carboxylic acids is 2. The number of ketones is 2. The Morgan fingerprint density at radius 1 is 0.556 bits per heavy atom. The molecule has 0 aliphatic carbocycles. The van der Waals surface area contributed by atoms with Gasteiger partial charge < -0.3 is 9.13 Å². The fraction of sp³-hybridized carbons (Fsp3) is 0.0435. The summed E-state index contributed by atoms with van der Waals surface area (Å²) >= 11 is 0. The van der Waals surface area contributed by atoms with Gasteiger partial charge in [0, 0.05) is 23.5 Å². The molecule has 0 fully saturated rings. The van der Waals surface area contributed by atoms with E-state index in [2.05, 4.69) is 0 Å². The average molecular weight is 354 g/mol. The zero-order valence-electron chi connectivity index (χ0n) is 14.7. The summed E-state index contributed by atoms with van der Waals surface area (Å²) in [5, 5.41) is 0. The molecule has 0 atom stereocenters. The van der Waals surface area contributed by atoms with Crippen molar-refractivity contribution in [3.05, 3.63) is 120 Å². The Balaban J connectivity index is 1.62. The highest BCUT2D eigenvalue weighted by molar-refractivity contribution is 6.08. The Kier molecular flexibility index (Phi) is 4.54. The Bertz CT molecular complexity index is 988. The van der Waals surface area contributed by atoms with Gasteiger partial charge in [-0.1, -0.05) is 60.7 Å². The molecule has 0 saturated carbocycles. The predicted molar refractivity (Wildman–Crippen MR) is 104 cm³/mol. The molecule has 2 aromatic carbocycles. The maximum Gasteiger partial charge on any atom is 0.209 e. The molecule has 0 bridgehead atoms. The van der Waals surface area contributed by atoms with E-state index in [1.807, 2.05) is 70.1 Å². The quantitative estimate of drug-likeness (QED) is 0.486. The van der Waals surface area contributed by atoms with Gasteiger partial charge in [-0.25, -0.2) is 0 Å². The van der Waals surface area contributed by atoms with E-state index in [-0.39, 0.29) is 11.6 Å². The van der Waals surface area contributed by atoms with Gasteiger partial charge in [0.2, 0.25) is 11.6 Å². The number of benzene rings is 2.